The van der Waals surface area contributed by atoms with E-state index in [1.807, 2.05) is 20.8 Å². The Morgan fingerprint density at radius 1 is 1.67 bits per heavy atom. The summed E-state index contributed by atoms with van der Waals surface area (Å²) in [6, 6.07) is 0.419. The van der Waals surface area contributed by atoms with Gasteiger partial charge in [0.15, 0.2) is 0 Å². The molecule has 2 N–H and O–H groups in total. The maximum Gasteiger partial charge on any atom is 0.0675 e. The van der Waals surface area contributed by atoms with E-state index < -0.39 is 0 Å². The Kier molecular flexibility index (Phi) is 3.67. The van der Waals surface area contributed by atoms with Gasteiger partial charge in [-0.15, -0.1) is 0 Å². The highest BCUT2D eigenvalue weighted by Gasteiger charge is 1.89. The largest absolute Gasteiger partial charge is 0.385 e. The number of nitrogens with one attached hydrogen (secondary N) is 2. The van der Waals surface area contributed by atoms with Gasteiger partial charge in [-0.1, -0.05) is 0 Å². The van der Waals surface area contributed by atoms with Gasteiger partial charge >= 0.3 is 0 Å². The number of hydrogen-bond donors (Lipinski definition) is 2. The second-order valence-electron chi connectivity index (χ2n) is 2.24. The van der Waals surface area contributed by atoms with Crippen LogP contribution in [0.2, 0.25) is 0 Å². The molecule has 0 aromatic rings. The molecule has 0 saturated carbocycles. The highest BCUT2D eigenvalue weighted by Crippen LogP contribution is 1.88. The Morgan fingerprint density at radius 2 is 2.22 bits per heavy atom. The molecule has 0 aliphatic carbocycles. The normalized spacial score (nSPS) is 11.8. The fourth-order valence-corrected chi connectivity index (χ4v) is 0.589. The van der Waals surface area contributed by atoms with Gasteiger partial charge in [-0.05, 0) is 20.8 Å². The van der Waals surface area contributed by atoms with E-state index in [-0.39, 0.29) is 0 Å². The summed E-state index contributed by atoms with van der Waals surface area (Å²) < 4.78 is 0. The number of nitrogens with zero attached hydrogens (tertiary/aromatic N) is 1. The van der Waals surface area contributed by atoms with Gasteiger partial charge in [0.1, 0.15) is 0 Å². The van der Waals surface area contributed by atoms with Gasteiger partial charge in [-0.2, -0.15) is 5.11 Å². The van der Waals surface area contributed by atoms with Gasteiger partial charge < -0.3 is 5.32 Å². The van der Waals surface area contributed by atoms with E-state index in [0.29, 0.717) is 6.04 Å². The van der Waals surface area contributed by atoms with E-state index in [1.54, 1.807) is 0 Å². The van der Waals surface area contributed by atoms with Crippen molar-refractivity contribution in [3.63, 3.8) is 0 Å². The molecule has 0 saturated heterocycles. The molecule has 0 aromatic carbocycles. The summed E-state index contributed by atoms with van der Waals surface area (Å²) in [6.07, 6.45) is 1.49. The first-order valence-electron chi connectivity index (χ1n) is 2.96. The third-order valence-electron chi connectivity index (χ3n) is 0.775. The lowest BCUT2D eigenvalue weighted by Gasteiger charge is -2.07. The minimum Gasteiger partial charge on any atom is -0.385 e. The molecular weight excluding hydrogens is 114 g/mol. The molecule has 0 aliphatic rings. The number of allylic oxidation sites excluding steroid dienone is 1. The van der Waals surface area contributed by atoms with Crippen LogP contribution >= 0.6 is 0 Å². The maximum absolute atomic E-state index is 6.49. The van der Waals surface area contributed by atoms with Crippen LogP contribution < -0.4 is 5.32 Å². The fourth-order valence-electron chi connectivity index (χ4n) is 0.589. The van der Waals surface area contributed by atoms with Crippen molar-refractivity contribution in [3.05, 3.63) is 11.9 Å². The average molecular weight is 127 g/mol. The molecule has 0 radical (unpaired) electrons. The molecule has 0 amide bonds. The van der Waals surface area contributed by atoms with Crippen molar-refractivity contribution < 1.29 is 0 Å². The van der Waals surface area contributed by atoms with Crippen LogP contribution in [0.15, 0.2) is 17.0 Å². The van der Waals surface area contributed by atoms with Crippen molar-refractivity contribution in [2.45, 2.75) is 26.8 Å². The van der Waals surface area contributed by atoms with Crippen molar-refractivity contribution in [1.29, 1.82) is 5.53 Å². The lowest BCUT2D eigenvalue weighted by molar-refractivity contribution is 0.667. The summed E-state index contributed by atoms with van der Waals surface area (Å²) in [5, 5.41) is 6.21. The van der Waals surface area contributed by atoms with Crippen LogP contribution in [0, 0.1) is 5.53 Å². The van der Waals surface area contributed by atoms with Crippen molar-refractivity contribution in [3.8, 4) is 0 Å². The summed E-state index contributed by atoms with van der Waals surface area (Å²) >= 11 is 0. The van der Waals surface area contributed by atoms with E-state index in [1.165, 1.54) is 6.20 Å². The lowest BCUT2D eigenvalue weighted by Crippen LogP contribution is -2.19. The molecule has 9 heavy (non-hydrogen) atoms. The topological polar surface area (TPSA) is 48.2 Å². The summed E-state index contributed by atoms with van der Waals surface area (Å²) in [5.41, 5.74) is 7.42. The van der Waals surface area contributed by atoms with E-state index in [0.717, 1.165) is 5.70 Å². The van der Waals surface area contributed by atoms with Gasteiger partial charge in [0.25, 0.3) is 0 Å². The molecule has 0 spiro atoms. The van der Waals surface area contributed by atoms with Gasteiger partial charge in [0, 0.05) is 11.7 Å². The molecule has 0 heterocycles. The Balaban J connectivity index is 3.61. The maximum atomic E-state index is 6.49. The first-order chi connectivity index (χ1) is 4.16. The van der Waals surface area contributed by atoms with E-state index in [4.69, 9.17) is 5.53 Å². The smallest absolute Gasteiger partial charge is 0.0675 e. The second kappa shape index (κ2) is 4.06. The van der Waals surface area contributed by atoms with Crippen LogP contribution in [0.1, 0.15) is 20.8 Å². The van der Waals surface area contributed by atoms with Crippen LogP contribution in [-0.4, -0.2) is 6.04 Å². The van der Waals surface area contributed by atoms with Crippen LogP contribution in [0.3, 0.4) is 0 Å². The van der Waals surface area contributed by atoms with Crippen LogP contribution in [-0.2, 0) is 0 Å². The highest BCUT2D eigenvalue weighted by atomic mass is 15.0. The molecule has 0 rings (SSSR count). The first kappa shape index (κ1) is 8.14. The summed E-state index contributed by atoms with van der Waals surface area (Å²) in [4.78, 5) is 0. The van der Waals surface area contributed by atoms with Gasteiger partial charge in [0.2, 0.25) is 0 Å². The zero-order valence-electron chi connectivity index (χ0n) is 6.10. The summed E-state index contributed by atoms with van der Waals surface area (Å²) in [6.45, 7) is 5.97. The van der Waals surface area contributed by atoms with Crippen molar-refractivity contribution in [2.24, 2.45) is 5.11 Å². The van der Waals surface area contributed by atoms with Gasteiger partial charge in [-0.25, -0.2) is 5.53 Å². The quantitative estimate of drug-likeness (QED) is 0.559. The zero-order valence-corrected chi connectivity index (χ0v) is 6.10. The SMILES string of the molecule is C/C(=C/N=N)NC(C)C. The molecule has 3 heteroatoms. The van der Waals surface area contributed by atoms with Crippen molar-refractivity contribution in [1.82, 2.24) is 5.32 Å². The molecule has 0 aliphatic heterocycles. The third-order valence-corrected chi connectivity index (χ3v) is 0.775. The highest BCUT2D eigenvalue weighted by molar-refractivity contribution is 4.93. The molecule has 3 nitrogen and oxygen atoms in total. The standard InChI is InChI=1S/C6H13N3/c1-5(2)9-6(3)4-8-7/h4-5,7,9H,1-3H3/b6-4-,8-7?. The average Bonchev–Trinajstić information content (AvgIpc) is 1.63. The summed E-state index contributed by atoms with van der Waals surface area (Å²) in [5.74, 6) is 0. The van der Waals surface area contributed by atoms with Crippen LogP contribution in [0.5, 0.6) is 0 Å². The fraction of sp³-hybridized carbons (Fsp3) is 0.667. The number of rotatable bonds is 3. The van der Waals surface area contributed by atoms with E-state index >= 15 is 0 Å². The second-order valence-corrected chi connectivity index (χ2v) is 2.24. The molecule has 0 unspecified atom stereocenters. The predicted octanol–water partition coefficient (Wildman–Crippen LogP) is 1.88. The number of hydrogen-bond acceptors (Lipinski definition) is 3. The van der Waals surface area contributed by atoms with E-state index in [9.17, 15) is 0 Å². The molecule has 0 atom stereocenters. The molecule has 0 aromatic heterocycles. The van der Waals surface area contributed by atoms with Crippen LogP contribution in [0.25, 0.3) is 0 Å². The first-order valence-corrected chi connectivity index (χ1v) is 2.96. The monoisotopic (exact) mass is 127 g/mol. The minimum atomic E-state index is 0.419. The zero-order chi connectivity index (χ0) is 7.28. The van der Waals surface area contributed by atoms with Crippen molar-refractivity contribution in [2.75, 3.05) is 0 Å². The van der Waals surface area contributed by atoms with Crippen molar-refractivity contribution >= 4 is 0 Å². The van der Waals surface area contributed by atoms with Gasteiger partial charge in [-0.3, -0.25) is 0 Å². The third kappa shape index (κ3) is 5.00. The lowest BCUT2D eigenvalue weighted by atomic mass is 10.4. The predicted molar refractivity (Wildman–Crippen MR) is 37.2 cm³/mol. The molecule has 0 bridgehead atoms. The Hall–Kier alpha value is -0.860. The summed E-state index contributed by atoms with van der Waals surface area (Å²) in [7, 11) is 0. The molecular formula is C6H13N3. The van der Waals surface area contributed by atoms with Gasteiger partial charge in [0.05, 0.1) is 6.20 Å². The Bertz CT molecular complexity index is 115. The van der Waals surface area contributed by atoms with Crippen LogP contribution in [0.4, 0.5) is 0 Å². The minimum absolute atomic E-state index is 0.419. The Labute approximate surface area is 55.7 Å². The van der Waals surface area contributed by atoms with E-state index in [2.05, 4.69) is 10.4 Å². The molecule has 52 valence electrons. The Morgan fingerprint density at radius 3 is 2.56 bits per heavy atom. The molecule has 0 fully saturated rings.